The van der Waals surface area contributed by atoms with E-state index in [1.807, 2.05) is 0 Å². The van der Waals surface area contributed by atoms with Crippen molar-refractivity contribution >= 4 is 5.69 Å². The van der Waals surface area contributed by atoms with Gasteiger partial charge in [-0.05, 0) is 24.3 Å². The summed E-state index contributed by atoms with van der Waals surface area (Å²) in [6, 6.07) is 6.80. The van der Waals surface area contributed by atoms with Crippen molar-refractivity contribution in [1.29, 1.82) is 0 Å². The quantitative estimate of drug-likeness (QED) is 0.839. The maximum absolute atomic E-state index is 13.6. The molecule has 0 unspecified atom stereocenters. The maximum Gasteiger partial charge on any atom is 0.168 e. The Kier molecular flexibility index (Phi) is 3.01. The van der Waals surface area contributed by atoms with Crippen molar-refractivity contribution in [3.05, 3.63) is 47.7 Å². The molecule has 0 aliphatic rings. The second kappa shape index (κ2) is 4.47. The van der Waals surface area contributed by atoms with Crippen molar-refractivity contribution in [3.8, 4) is 11.3 Å². The van der Waals surface area contributed by atoms with Crippen LogP contribution in [0.4, 0.5) is 14.5 Å². The lowest BCUT2D eigenvalue weighted by molar-refractivity contribution is 0.277. The molecule has 3 N–H and O–H groups in total. The average molecular weight is 236 g/mol. The van der Waals surface area contributed by atoms with E-state index in [1.54, 1.807) is 0 Å². The Bertz CT molecular complexity index is 558. The Hall–Kier alpha value is -2.01. The first-order valence-corrected chi connectivity index (χ1v) is 4.94. The standard InChI is InChI=1S/C12H10F2N2O/c13-9-3-1-2-8(11(9)14)12-10(15)5-4-7(6-17)16-12/h1-5,17H,6,15H2. The zero-order valence-corrected chi connectivity index (χ0v) is 8.82. The van der Waals surface area contributed by atoms with Gasteiger partial charge in [-0.1, -0.05) is 6.07 Å². The number of hydrogen-bond donors (Lipinski definition) is 2. The van der Waals surface area contributed by atoms with Gasteiger partial charge in [0, 0.05) is 5.56 Å². The van der Waals surface area contributed by atoms with E-state index >= 15 is 0 Å². The minimum Gasteiger partial charge on any atom is -0.397 e. The lowest BCUT2D eigenvalue weighted by atomic mass is 10.1. The number of aliphatic hydroxyl groups excluding tert-OH is 1. The maximum atomic E-state index is 13.6. The third kappa shape index (κ3) is 2.09. The first-order valence-electron chi connectivity index (χ1n) is 4.94. The molecule has 0 aliphatic carbocycles. The lowest BCUT2D eigenvalue weighted by Crippen LogP contribution is -2.00. The van der Waals surface area contributed by atoms with Crippen LogP contribution in [-0.4, -0.2) is 10.1 Å². The highest BCUT2D eigenvalue weighted by molar-refractivity contribution is 5.73. The van der Waals surface area contributed by atoms with Crippen LogP contribution in [0.5, 0.6) is 0 Å². The van der Waals surface area contributed by atoms with E-state index in [4.69, 9.17) is 10.8 Å². The summed E-state index contributed by atoms with van der Waals surface area (Å²) in [4.78, 5) is 3.98. The van der Waals surface area contributed by atoms with Gasteiger partial charge in [0.25, 0.3) is 0 Å². The van der Waals surface area contributed by atoms with E-state index in [0.29, 0.717) is 5.69 Å². The lowest BCUT2D eigenvalue weighted by Gasteiger charge is -2.08. The SMILES string of the molecule is Nc1ccc(CO)nc1-c1cccc(F)c1F. The van der Waals surface area contributed by atoms with Gasteiger partial charge >= 0.3 is 0 Å². The summed E-state index contributed by atoms with van der Waals surface area (Å²) < 4.78 is 26.7. The number of nitrogens with zero attached hydrogens (tertiary/aromatic N) is 1. The van der Waals surface area contributed by atoms with Gasteiger partial charge in [-0.2, -0.15) is 0 Å². The number of hydrogen-bond acceptors (Lipinski definition) is 3. The minimum atomic E-state index is -0.998. The molecule has 0 spiro atoms. The third-order valence-electron chi connectivity index (χ3n) is 2.35. The van der Waals surface area contributed by atoms with Crippen LogP contribution >= 0.6 is 0 Å². The van der Waals surface area contributed by atoms with Gasteiger partial charge in [-0.3, -0.25) is 0 Å². The number of pyridine rings is 1. The molecule has 0 amide bonds. The van der Waals surface area contributed by atoms with Crippen molar-refractivity contribution in [2.75, 3.05) is 5.73 Å². The zero-order chi connectivity index (χ0) is 12.4. The molecule has 0 aliphatic heterocycles. The van der Waals surface area contributed by atoms with E-state index in [9.17, 15) is 8.78 Å². The van der Waals surface area contributed by atoms with Crippen LogP contribution in [0.25, 0.3) is 11.3 Å². The number of nitrogens with two attached hydrogens (primary N) is 1. The van der Waals surface area contributed by atoms with Gasteiger partial charge in [-0.25, -0.2) is 13.8 Å². The second-order valence-electron chi connectivity index (χ2n) is 3.50. The van der Waals surface area contributed by atoms with Crippen molar-refractivity contribution < 1.29 is 13.9 Å². The summed E-state index contributed by atoms with van der Waals surface area (Å²) in [6.45, 7) is -0.287. The molecule has 0 saturated carbocycles. The molecule has 3 nitrogen and oxygen atoms in total. The largest absolute Gasteiger partial charge is 0.397 e. The highest BCUT2D eigenvalue weighted by Crippen LogP contribution is 2.27. The van der Waals surface area contributed by atoms with Crippen molar-refractivity contribution in [2.45, 2.75) is 6.61 Å². The highest BCUT2D eigenvalue weighted by atomic mass is 19.2. The number of nitrogen functional groups attached to an aromatic ring is 1. The molecule has 0 fully saturated rings. The number of halogens is 2. The van der Waals surface area contributed by atoms with Crippen molar-refractivity contribution in [2.24, 2.45) is 0 Å². The van der Waals surface area contributed by atoms with Crippen LogP contribution in [0.1, 0.15) is 5.69 Å². The molecule has 1 heterocycles. The Balaban J connectivity index is 2.63. The van der Waals surface area contributed by atoms with Gasteiger partial charge < -0.3 is 10.8 Å². The predicted octanol–water partition coefficient (Wildman–Crippen LogP) is 2.10. The van der Waals surface area contributed by atoms with Gasteiger partial charge in [0.1, 0.15) is 0 Å². The summed E-state index contributed by atoms with van der Waals surface area (Å²) in [6.07, 6.45) is 0. The number of aromatic nitrogens is 1. The molecule has 0 radical (unpaired) electrons. The second-order valence-corrected chi connectivity index (χ2v) is 3.50. The number of rotatable bonds is 2. The molecule has 0 saturated heterocycles. The fraction of sp³-hybridized carbons (Fsp3) is 0.0833. The summed E-state index contributed by atoms with van der Waals surface area (Å²) in [5, 5.41) is 8.95. The first kappa shape index (κ1) is 11.5. The molecule has 88 valence electrons. The van der Waals surface area contributed by atoms with E-state index in [0.717, 1.165) is 6.07 Å². The number of anilines is 1. The zero-order valence-electron chi connectivity index (χ0n) is 8.82. The minimum absolute atomic E-state index is 0.0159. The van der Waals surface area contributed by atoms with Crippen molar-refractivity contribution in [3.63, 3.8) is 0 Å². The normalized spacial score (nSPS) is 10.5. The molecule has 1 aromatic heterocycles. The smallest absolute Gasteiger partial charge is 0.168 e. The van der Waals surface area contributed by atoms with Gasteiger partial charge in [0.05, 0.1) is 23.7 Å². The van der Waals surface area contributed by atoms with Gasteiger partial charge in [0.15, 0.2) is 11.6 Å². The van der Waals surface area contributed by atoms with E-state index in [1.165, 1.54) is 24.3 Å². The Morgan fingerprint density at radius 1 is 1.18 bits per heavy atom. The Morgan fingerprint density at radius 3 is 2.65 bits per heavy atom. The topological polar surface area (TPSA) is 59.1 Å². The van der Waals surface area contributed by atoms with Crippen LogP contribution in [-0.2, 0) is 6.61 Å². The third-order valence-corrected chi connectivity index (χ3v) is 2.35. The number of aliphatic hydroxyl groups is 1. The molecule has 5 heteroatoms. The molecular formula is C12H10F2N2O. The fourth-order valence-corrected chi connectivity index (χ4v) is 1.50. The highest BCUT2D eigenvalue weighted by Gasteiger charge is 2.13. The van der Waals surface area contributed by atoms with E-state index < -0.39 is 11.6 Å². The van der Waals surface area contributed by atoms with Crippen molar-refractivity contribution in [1.82, 2.24) is 4.98 Å². The molecule has 0 bridgehead atoms. The molecule has 17 heavy (non-hydrogen) atoms. The van der Waals surface area contributed by atoms with Gasteiger partial charge in [0.2, 0.25) is 0 Å². The fourth-order valence-electron chi connectivity index (χ4n) is 1.50. The predicted molar refractivity (Wildman–Crippen MR) is 59.9 cm³/mol. The molecule has 2 aromatic rings. The molecule has 0 atom stereocenters. The molecule has 2 rings (SSSR count). The number of benzene rings is 1. The summed E-state index contributed by atoms with van der Waals surface area (Å²) in [7, 11) is 0. The summed E-state index contributed by atoms with van der Waals surface area (Å²) >= 11 is 0. The molecular weight excluding hydrogens is 226 g/mol. The van der Waals surface area contributed by atoms with Crippen LogP contribution in [0.15, 0.2) is 30.3 Å². The van der Waals surface area contributed by atoms with Crippen LogP contribution in [0.2, 0.25) is 0 Å². The van der Waals surface area contributed by atoms with Crippen LogP contribution in [0, 0.1) is 11.6 Å². The van der Waals surface area contributed by atoms with Crippen LogP contribution < -0.4 is 5.73 Å². The van der Waals surface area contributed by atoms with Gasteiger partial charge in [-0.15, -0.1) is 0 Å². The van der Waals surface area contributed by atoms with Crippen LogP contribution in [0.3, 0.4) is 0 Å². The summed E-state index contributed by atoms with van der Waals surface area (Å²) in [5.74, 6) is -1.96. The Morgan fingerprint density at radius 2 is 1.94 bits per heavy atom. The average Bonchev–Trinajstić information content (AvgIpc) is 2.34. The monoisotopic (exact) mass is 236 g/mol. The van der Waals surface area contributed by atoms with E-state index in [-0.39, 0.29) is 23.6 Å². The first-order chi connectivity index (χ1) is 8.13. The van der Waals surface area contributed by atoms with E-state index in [2.05, 4.69) is 4.98 Å². The molecule has 1 aromatic carbocycles. The summed E-state index contributed by atoms with van der Waals surface area (Å²) in [5.41, 5.74) is 6.35. The Labute approximate surface area is 96.5 Å².